The Hall–Kier alpha value is -1.85. The number of hydrogen-bond acceptors (Lipinski definition) is 2. The van der Waals surface area contributed by atoms with Gasteiger partial charge in [-0.15, -0.1) is 0 Å². The maximum Gasteiger partial charge on any atom is 0.187 e. The second-order valence-electron chi connectivity index (χ2n) is 4.58. The van der Waals surface area contributed by atoms with E-state index in [2.05, 4.69) is 10.1 Å². The van der Waals surface area contributed by atoms with Crippen molar-refractivity contribution in [1.82, 2.24) is 9.99 Å². The lowest BCUT2D eigenvalue weighted by Crippen LogP contribution is -2.31. The lowest BCUT2D eigenvalue weighted by molar-refractivity contribution is 0.373. The smallest absolute Gasteiger partial charge is 0.187 e. The second-order valence-corrected chi connectivity index (χ2v) is 5.44. The van der Waals surface area contributed by atoms with Crippen LogP contribution < -0.4 is 5.73 Å². The molecular weight excluding hydrogens is 292 g/mol. The molecule has 0 spiro atoms. The Morgan fingerprint density at radius 1 is 1.35 bits per heavy atom. The molecule has 4 nitrogen and oxygen atoms in total. The fraction of sp³-hybridized carbons (Fsp3) is 0.143. The van der Waals surface area contributed by atoms with Crippen LogP contribution in [0.4, 0.5) is 0 Å². The average molecular weight is 305 g/mol. The zero-order chi connectivity index (χ0) is 14.1. The molecule has 0 aliphatic carbocycles. The van der Waals surface area contributed by atoms with Crippen molar-refractivity contribution in [1.29, 1.82) is 0 Å². The van der Waals surface area contributed by atoms with Gasteiger partial charge in [0.25, 0.3) is 0 Å². The Bertz CT molecular complexity index is 648. The molecule has 102 valence electrons. The molecule has 1 atom stereocenters. The van der Waals surface area contributed by atoms with Crippen LogP contribution in [0.1, 0.15) is 23.7 Å². The number of thiocarbonyl (C=S) groups is 1. The lowest BCUT2D eigenvalue weighted by atomic mass is 10.0. The third-order valence-electron chi connectivity index (χ3n) is 3.30. The highest BCUT2D eigenvalue weighted by molar-refractivity contribution is 7.80. The number of hydrogen-bond donors (Lipinski definition) is 2. The van der Waals surface area contributed by atoms with Gasteiger partial charge in [0.1, 0.15) is 0 Å². The number of nitrogens with one attached hydrogen (secondary N) is 1. The van der Waals surface area contributed by atoms with E-state index >= 15 is 0 Å². The lowest BCUT2D eigenvalue weighted by Gasteiger charge is -2.21. The Kier molecular flexibility index (Phi) is 3.46. The first kappa shape index (κ1) is 13.1. The van der Waals surface area contributed by atoms with Gasteiger partial charge in [0.15, 0.2) is 5.11 Å². The zero-order valence-electron chi connectivity index (χ0n) is 10.6. The minimum absolute atomic E-state index is 0.0167. The summed E-state index contributed by atoms with van der Waals surface area (Å²) in [6, 6.07) is 11.6. The van der Waals surface area contributed by atoms with Gasteiger partial charge in [0.2, 0.25) is 0 Å². The van der Waals surface area contributed by atoms with Crippen molar-refractivity contribution in [3.63, 3.8) is 0 Å². The van der Waals surface area contributed by atoms with Crippen molar-refractivity contribution in [2.24, 2.45) is 10.8 Å². The summed E-state index contributed by atoms with van der Waals surface area (Å²) in [5.41, 5.74) is 8.81. The maximum absolute atomic E-state index is 5.93. The molecule has 0 radical (unpaired) electrons. The first-order chi connectivity index (χ1) is 9.65. The topological polar surface area (TPSA) is 57.4 Å². The summed E-state index contributed by atoms with van der Waals surface area (Å²) >= 11 is 11.0. The van der Waals surface area contributed by atoms with E-state index in [0.29, 0.717) is 5.02 Å². The van der Waals surface area contributed by atoms with E-state index in [-0.39, 0.29) is 11.2 Å². The normalized spacial score (nSPS) is 18.1. The largest absolute Gasteiger partial charge is 0.375 e. The zero-order valence-corrected chi connectivity index (χ0v) is 12.2. The van der Waals surface area contributed by atoms with E-state index in [1.807, 2.05) is 42.6 Å². The molecule has 20 heavy (non-hydrogen) atoms. The van der Waals surface area contributed by atoms with E-state index in [0.717, 1.165) is 23.4 Å². The molecule has 2 aromatic rings. The van der Waals surface area contributed by atoms with Gasteiger partial charge in [-0.05, 0) is 42.0 Å². The second kappa shape index (κ2) is 5.26. The van der Waals surface area contributed by atoms with Gasteiger partial charge in [0.05, 0.1) is 17.4 Å². The molecule has 0 amide bonds. The summed E-state index contributed by atoms with van der Waals surface area (Å²) in [5, 5.41) is 7.20. The minimum atomic E-state index is 0.0167. The van der Waals surface area contributed by atoms with Crippen LogP contribution in [-0.4, -0.2) is 20.8 Å². The molecule has 1 aromatic carbocycles. The number of benzene rings is 1. The van der Waals surface area contributed by atoms with Crippen LogP contribution in [0.5, 0.6) is 0 Å². The van der Waals surface area contributed by atoms with Gasteiger partial charge in [0, 0.05) is 17.6 Å². The third kappa shape index (κ3) is 2.42. The molecule has 1 unspecified atom stereocenters. The SMILES string of the molecule is NC(=S)N1N=C(c2ccc[nH]2)CC1c1ccc(Cl)cc1. The number of aromatic nitrogens is 1. The number of rotatable bonds is 2. The number of aromatic amines is 1. The van der Waals surface area contributed by atoms with Gasteiger partial charge in [-0.25, -0.2) is 5.01 Å². The Morgan fingerprint density at radius 2 is 2.10 bits per heavy atom. The summed E-state index contributed by atoms with van der Waals surface area (Å²) in [4.78, 5) is 3.16. The monoisotopic (exact) mass is 304 g/mol. The van der Waals surface area contributed by atoms with Crippen molar-refractivity contribution >= 4 is 34.6 Å². The van der Waals surface area contributed by atoms with Gasteiger partial charge < -0.3 is 10.7 Å². The predicted molar refractivity (Wildman–Crippen MR) is 84.8 cm³/mol. The highest BCUT2D eigenvalue weighted by atomic mass is 35.5. The highest BCUT2D eigenvalue weighted by Crippen LogP contribution is 2.32. The van der Waals surface area contributed by atoms with E-state index in [1.165, 1.54) is 0 Å². The van der Waals surface area contributed by atoms with Crippen LogP contribution in [-0.2, 0) is 0 Å². The van der Waals surface area contributed by atoms with Crippen LogP contribution in [0.3, 0.4) is 0 Å². The van der Waals surface area contributed by atoms with Crippen molar-refractivity contribution in [2.75, 3.05) is 0 Å². The Balaban J connectivity index is 1.93. The molecule has 0 saturated carbocycles. The van der Waals surface area contributed by atoms with Crippen molar-refractivity contribution < 1.29 is 0 Å². The van der Waals surface area contributed by atoms with E-state index in [4.69, 9.17) is 29.6 Å². The fourth-order valence-electron chi connectivity index (χ4n) is 2.33. The molecule has 1 aromatic heterocycles. The average Bonchev–Trinajstić information content (AvgIpc) is 3.08. The van der Waals surface area contributed by atoms with Gasteiger partial charge in [-0.1, -0.05) is 23.7 Å². The van der Waals surface area contributed by atoms with E-state index in [9.17, 15) is 0 Å². The Labute approximate surface area is 127 Å². The molecule has 3 rings (SSSR count). The quantitative estimate of drug-likeness (QED) is 0.838. The molecule has 0 fully saturated rings. The summed E-state index contributed by atoms with van der Waals surface area (Å²) in [5.74, 6) is 0. The van der Waals surface area contributed by atoms with Crippen molar-refractivity contribution in [2.45, 2.75) is 12.5 Å². The first-order valence-electron chi connectivity index (χ1n) is 6.20. The molecule has 2 heterocycles. The van der Waals surface area contributed by atoms with Gasteiger partial charge in [-0.3, -0.25) is 0 Å². The summed E-state index contributed by atoms with van der Waals surface area (Å²) in [7, 11) is 0. The highest BCUT2D eigenvalue weighted by Gasteiger charge is 2.30. The van der Waals surface area contributed by atoms with Gasteiger partial charge in [-0.2, -0.15) is 5.10 Å². The predicted octanol–water partition coefficient (Wildman–Crippen LogP) is 3.06. The van der Waals surface area contributed by atoms with Crippen LogP contribution in [0.15, 0.2) is 47.7 Å². The molecule has 6 heteroatoms. The molecule has 0 saturated heterocycles. The van der Waals surface area contributed by atoms with Crippen LogP contribution in [0.2, 0.25) is 5.02 Å². The molecule has 3 N–H and O–H groups in total. The standard InChI is InChI=1S/C14H13ClN4S/c15-10-5-3-9(4-6-10)13-8-12(11-2-1-7-17-11)18-19(13)14(16)20/h1-7,13,17H,8H2,(H2,16,20). The molecule has 1 aliphatic heterocycles. The minimum Gasteiger partial charge on any atom is -0.375 e. The fourth-order valence-corrected chi connectivity index (χ4v) is 2.62. The van der Waals surface area contributed by atoms with E-state index in [1.54, 1.807) is 5.01 Å². The van der Waals surface area contributed by atoms with Crippen LogP contribution >= 0.6 is 23.8 Å². The number of H-pyrrole nitrogens is 1. The number of nitrogens with zero attached hydrogens (tertiary/aromatic N) is 2. The number of nitrogens with two attached hydrogens (primary N) is 1. The van der Waals surface area contributed by atoms with Crippen LogP contribution in [0.25, 0.3) is 0 Å². The Morgan fingerprint density at radius 3 is 2.70 bits per heavy atom. The first-order valence-corrected chi connectivity index (χ1v) is 6.99. The van der Waals surface area contributed by atoms with Crippen molar-refractivity contribution in [3.8, 4) is 0 Å². The van der Waals surface area contributed by atoms with Crippen LogP contribution in [0, 0.1) is 0 Å². The summed E-state index contributed by atoms with van der Waals surface area (Å²) in [6.45, 7) is 0. The molecule has 0 bridgehead atoms. The van der Waals surface area contributed by atoms with E-state index < -0.39 is 0 Å². The van der Waals surface area contributed by atoms with Gasteiger partial charge >= 0.3 is 0 Å². The molecule has 1 aliphatic rings. The number of halogens is 1. The molecular formula is C14H13ClN4S. The summed E-state index contributed by atoms with van der Waals surface area (Å²) < 4.78 is 0. The van der Waals surface area contributed by atoms with Crippen molar-refractivity contribution in [3.05, 3.63) is 58.9 Å². The third-order valence-corrected chi connectivity index (χ3v) is 3.74. The maximum atomic E-state index is 5.93. The summed E-state index contributed by atoms with van der Waals surface area (Å²) in [6.07, 6.45) is 2.62. The number of hydrazone groups is 1.